The lowest BCUT2D eigenvalue weighted by Gasteiger charge is -2.59. The number of ether oxygens (including phenoxy) is 1. The van der Waals surface area contributed by atoms with Crippen LogP contribution in [-0.2, 0) is 23.9 Å². The van der Waals surface area contributed by atoms with Crippen molar-refractivity contribution in [3.63, 3.8) is 0 Å². The molecule has 4 aliphatic carbocycles. The lowest BCUT2D eigenvalue weighted by Crippen LogP contribution is -2.68. The van der Waals surface area contributed by atoms with E-state index in [0.29, 0.717) is 31.3 Å². The summed E-state index contributed by atoms with van der Waals surface area (Å²) < 4.78 is 23.1. The van der Waals surface area contributed by atoms with Gasteiger partial charge < -0.3 is 4.74 Å². The van der Waals surface area contributed by atoms with Crippen molar-refractivity contribution in [1.82, 2.24) is 0 Å². The Hall–Kier alpha value is -1.82. The van der Waals surface area contributed by atoms with E-state index in [1.165, 1.54) is 12.2 Å². The fraction of sp³-hybridized carbons (Fsp3) is 0.692. The van der Waals surface area contributed by atoms with Crippen LogP contribution in [0, 0.1) is 28.6 Å². The van der Waals surface area contributed by atoms with Gasteiger partial charge in [0.15, 0.2) is 28.6 Å². The lowest BCUT2D eigenvalue weighted by molar-refractivity contribution is -0.201. The molecule has 7 heteroatoms. The molecule has 7 atom stereocenters. The van der Waals surface area contributed by atoms with Crippen LogP contribution >= 0.6 is 11.6 Å². The summed E-state index contributed by atoms with van der Waals surface area (Å²) in [5.41, 5.74) is -5.35. The number of carbonyl (C=O) groups is 4. The first kappa shape index (κ1) is 24.3. The van der Waals surface area contributed by atoms with E-state index in [1.807, 2.05) is 13.8 Å². The van der Waals surface area contributed by atoms with Crippen molar-refractivity contribution in [2.75, 3.05) is 5.88 Å². The van der Waals surface area contributed by atoms with E-state index in [9.17, 15) is 19.2 Å². The van der Waals surface area contributed by atoms with Crippen LogP contribution in [0.25, 0.3) is 0 Å². The topological polar surface area (TPSA) is 77.5 Å². The van der Waals surface area contributed by atoms with Crippen molar-refractivity contribution >= 4 is 34.9 Å². The average molecular weight is 479 g/mol. The van der Waals surface area contributed by atoms with Gasteiger partial charge in [-0.3, -0.25) is 19.2 Å². The molecule has 0 aromatic carbocycles. The maximum Gasteiger partial charge on any atom is 0.306 e. The number of carbonyl (C=O) groups excluding carboxylic acids is 4. The summed E-state index contributed by atoms with van der Waals surface area (Å²) in [7, 11) is 0. The van der Waals surface area contributed by atoms with E-state index in [1.54, 1.807) is 19.9 Å². The third-order valence-corrected chi connectivity index (χ3v) is 9.45. The number of hydrogen-bond acceptors (Lipinski definition) is 5. The molecular formula is C26H32ClFO5. The van der Waals surface area contributed by atoms with E-state index in [0.717, 1.165) is 0 Å². The summed E-state index contributed by atoms with van der Waals surface area (Å²) in [5.74, 6) is -3.45. The minimum atomic E-state index is -2.19. The molecule has 3 fully saturated rings. The molecule has 0 aromatic rings. The highest BCUT2D eigenvalue weighted by Crippen LogP contribution is 2.70. The zero-order valence-corrected chi connectivity index (χ0v) is 20.5. The molecule has 3 saturated carbocycles. The van der Waals surface area contributed by atoms with E-state index < -0.39 is 51.5 Å². The van der Waals surface area contributed by atoms with Gasteiger partial charge in [0.05, 0.1) is 5.88 Å². The summed E-state index contributed by atoms with van der Waals surface area (Å²) in [6.07, 6.45) is 6.21. The van der Waals surface area contributed by atoms with Gasteiger partial charge in [0.2, 0.25) is 0 Å². The van der Waals surface area contributed by atoms with Crippen LogP contribution in [0.1, 0.15) is 66.2 Å². The monoisotopic (exact) mass is 478 g/mol. The van der Waals surface area contributed by atoms with E-state index >= 15 is 4.39 Å². The minimum absolute atomic E-state index is 0.153. The van der Waals surface area contributed by atoms with Gasteiger partial charge in [-0.2, -0.15) is 0 Å². The Morgan fingerprint density at radius 1 is 1.24 bits per heavy atom. The fourth-order valence-electron chi connectivity index (χ4n) is 7.66. The smallest absolute Gasteiger partial charge is 0.306 e. The standard InChI is InChI=1S/C26H32ClFO5/c1-5-6-22(32)33-26(21(31)14-27)15(2)11-19-18-8-7-16-12-17(29)9-10-23(16,3)25(18,28)20(30)13-24(19,26)4/h9-10,12,15,18-19H,5-8,11,13-14H2,1-4H3/t15-,18-,19-,23+,24-,25-,26-/m1/s1. The number of fused-ring (bicyclic) bond motifs is 5. The quantitative estimate of drug-likeness (QED) is 0.422. The Morgan fingerprint density at radius 2 is 1.94 bits per heavy atom. The third-order valence-electron chi connectivity index (χ3n) is 9.21. The highest BCUT2D eigenvalue weighted by atomic mass is 35.5. The molecule has 0 bridgehead atoms. The highest BCUT2D eigenvalue weighted by molar-refractivity contribution is 6.29. The second-order valence-corrected chi connectivity index (χ2v) is 11.0. The Labute approximate surface area is 199 Å². The number of Topliss-reactive ketones (excluding diaryl/α,β-unsaturated/α-hetero) is 2. The first-order chi connectivity index (χ1) is 15.4. The van der Waals surface area contributed by atoms with Crippen molar-refractivity contribution in [2.45, 2.75) is 77.5 Å². The summed E-state index contributed by atoms with van der Waals surface area (Å²) in [6, 6.07) is 0. The normalized spacial score (nSPS) is 43.9. The molecule has 4 rings (SSSR count). The molecular weight excluding hydrogens is 447 g/mol. The van der Waals surface area contributed by atoms with Crippen LogP contribution in [0.3, 0.4) is 0 Å². The van der Waals surface area contributed by atoms with Gasteiger partial charge in [0, 0.05) is 35.5 Å². The van der Waals surface area contributed by atoms with Crippen molar-refractivity contribution in [3.05, 3.63) is 23.8 Å². The van der Waals surface area contributed by atoms with E-state index in [-0.39, 0.29) is 30.4 Å². The number of rotatable bonds is 5. The number of alkyl halides is 2. The van der Waals surface area contributed by atoms with Crippen molar-refractivity contribution < 1.29 is 28.3 Å². The predicted octanol–water partition coefficient (Wildman–Crippen LogP) is 4.70. The molecule has 0 radical (unpaired) electrons. The molecule has 0 aliphatic heterocycles. The number of halogens is 2. The zero-order chi connectivity index (χ0) is 24.4. The largest absolute Gasteiger partial charge is 0.450 e. The predicted molar refractivity (Wildman–Crippen MR) is 121 cm³/mol. The number of ketones is 3. The van der Waals surface area contributed by atoms with Gasteiger partial charge in [-0.05, 0) is 50.7 Å². The minimum Gasteiger partial charge on any atom is -0.450 e. The maximum absolute atomic E-state index is 17.1. The van der Waals surface area contributed by atoms with Gasteiger partial charge in [0.25, 0.3) is 0 Å². The Bertz CT molecular complexity index is 987. The molecule has 0 heterocycles. The number of esters is 1. The molecule has 0 aromatic heterocycles. The highest BCUT2D eigenvalue weighted by Gasteiger charge is 2.77. The van der Waals surface area contributed by atoms with Gasteiger partial charge in [-0.15, -0.1) is 11.6 Å². The zero-order valence-electron chi connectivity index (χ0n) is 19.7. The van der Waals surface area contributed by atoms with Gasteiger partial charge in [-0.1, -0.05) is 32.4 Å². The molecule has 0 spiro atoms. The molecule has 33 heavy (non-hydrogen) atoms. The molecule has 0 saturated heterocycles. The summed E-state index contributed by atoms with van der Waals surface area (Å²) >= 11 is 6.02. The first-order valence-electron chi connectivity index (χ1n) is 11.9. The van der Waals surface area contributed by atoms with Gasteiger partial charge >= 0.3 is 5.97 Å². The summed E-state index contributed by atoms with van der Waals surface area (Å²) in [4.78, 5) is 51.7. The molecule has 0 amide bonds. The van der Waals surface area contributed by atoms with Gasteiger partial charge in [0.1, 0.15) is 0 Å². The first-order valence-corrected chi connectivity index (χ1v) is 12.4. The Kier molecular flexibility index (Phi) is 5.79. The number of hydrogen-bond donors (Lipinski definition) is 0. The molecule has 180 valence electrons. The van der Waals surface area contributed by atoms with Crippen molar-refractivity contribution in [3.8, 4) is 0 Å². The summed E-state index contributed by atoms with van der Waals surface area (Å²) in [5, 5.41) is 0. The van der Waals surface area contributed by atoms with Crippen LogP contribution in [0.4, 0.5) is 4.39 Å². The third kappa shape index (κ3) is 2.95. The second kappa shape index (κ2) is 7.86. The molecule has 0 N–H and O–H groups in total. The van der Waals surface area contributed by atoms with Crippen LogP contribution in [0.2, 0.25) is 0 Å². The van der Waals surface area contributed by atoms with Crippen LogP contribution < -0.4 is 0 Å². The van der Waals surface area contributed by atoms with Crippen LogP contribution in [0.15, 0.2) is 23.8 Å². The summed E-state index contributed by atoms with van der Waals surface area (Å²) in [6.45, 7) is 7.19. The Balaban J connectivity index is 1.84. The Morgan fingerprint density at radius 3 is 2.58 bits per heavy atom. The maximum atomic E-state index is 17.1. The van der Waals surface area contributed by atoms with Crippen LogP contribution in [0.5, 0.6) is 0 Å². The van der Waals surface area contributed by atoms with Crippen molar-refractivity contribution in [2.24, 2.45) is 28.6 Å². The molecule has 5 nitrogen and oxygen atoms in total. The van der Waals surface area contributed by atoms with Gasteiger partial charge in [-0.25, -0.2) is 4.39 Å². The average Bonchev–Trinajstić information content (AvgIpc) is 2.97. The van der Waals surface area contributed by atoms with E-state index in [4.69, 9.17) is 16.3 Å². The lowest BCUT2D eigenvalue weighted by atomic mass is 9.45. The molecule has 0 unspecified atom stereocenters. The second-order valence-electron chi connectivity index (χ2n) is 10.7. The fourth-order valence-corrected chi connectivity index (χ4v) is 7.86. The number of allylic oxidation sites excluding steroid dienone is 4. The van der Waals surface area contributed by atoms with E-state index in [2.05, 4.69) is 0 Å². The van der Waals surface area contributed by atoms with Crippen molar-refractivity contribution in [1.29, 1.82) is 0 Å². The van der Waals surface area contributed by atoms with Crippen LogP contribution in [-0.4, -0.2) is 40.5 Å². The SMILES string of the molecule is CCCC(=O)O[C@@]1(C(=O)CCl)[C@H](C)C[C@@H]2[C@H]3CCC4=CC(=O)C=C[C@]4(C)[C@]3(F)C(=O)C[C@]21C. The molecule has 4 aliphatic rings.